The molecule has 0 fully saturated rings. The summed E-state index contributed by atoms with van der Waals surface area (Å²) in [5, 5.41) is 9.10. The predicted molar refractivity (Wildman–Crippen MR) is 60.7 cm³/mol. The van der Waals surface area contributed by atoms with Crippen LogP contribution in [0.25, 0.3) is 0 Å². The molecule has 1 N–H and O–H groups in total. The zero-order chi connectivity index (χ0) is 11.6. The fourth-order valence-corrected chi connectivity index (χ4v) is 3.03. The Bertz CT molecular complexity index is 422. The van der Waals surface area contributed by atoms with Crippen molar-refractivity contribution in [2.24, 2.45) is 0 Å². The number of hydrogen-bond donors (Lipinski definition) is 1. The number of aliphatic hydroxyl groups is 1. The Balaban J connectivity index is 3.17. The van der Waals surface area contributed by atoms with E-state index in [2.05, 4.69) is 0 Å². The molecule has 0 radical (unpaired) electrons. The summed E-state index contributed by atoms with van der Waals surface area (Å²) in [7, 11) is -3.32. The quantitative estimate of drug-likeness (QED) is 0.888. The summed E-state index contributed by atoms with van der Waals surface area (Å²) in [5.41, 5.74) is 0.553. The molecule has 1 aromatic rings. The molecule has 15 heavy (non-hydrogen) atoms. The third-order valence-electron chi connectivity index (χ3n) is 2.10. The van der Waals surface area contributed by atoms with Gasteiger partial charge in [0, 0.05) is 11.3 Å². The van der Waals surface area contributed by atoms with Crippen LogP contribution in [0.15, 0.2) is 24.3 Å². The van der Waals surface area contributed by atoms with Crippen LogP contribution in [0.4, 0.5) is 0 Å². The van der Waals surface area contributed by atoms with E-state index in [1.54, 1.807) is 24.3 Å². The lowest BCUT2D eigenvalue weighted by Crippen LogP contribution is -2.22. The van der Waals surface area contributed by atoms with Gasteiger partial charge in [0.15, 0.2) is 9.84 Å². The molecule has 0 saturated carbocycles. The lowest BCUT2D eigenvalue weighted by Gasteiger charge is -2.18. The zero-order valence-corrected chi connectivity index (χ0v) is 10.1. The first kappa shape index (κ1) is 12.5. The van der Waals surface area contributed by atoms with Crippen molar-refractivity contribution in [3.63, 3.8) is 0 Å². The third-order valence-corrected chi connectivity index (χ3v) is 3.94. The molecule has 0 spiro atoms. The summed E-state index contributed by atoms with van der Waals surface area (Å²) in [6, 6.07) is 6.44. The van der Waals surface area contributed by atoms with Crippen LogP contribution in [0.1, 0.15) is 17.7 Å². The van der Waals surface area contributed by atoms with E-state index in [4.69, 9.17) is 11.6 Å². The first-order valence-corrected chi connectivity index (χ1v) is 6.78. The monoisotopic (exact) mass is 248 g/mol. The van der Waals surface area contributed by atoms with Crippen LogP contribution in [0.5, 0.6) is 0 Å². The van der Waals surface area contributed by atoms with Gasteiger partial charge in [0.1, 0.15) is 5.25 Å². The molecule has 1 rings (SSSR count). The third kappa shape index (κ3) is 3.19. The second-order valence-corrected chi connectivity index (χ2v) is 6.15. The summed E-state index contributed by atoms with van der Waals surface area (Å²) in [6.07, 6.45) is 0.167. The molecule has 0 heterocycles. The minimum absolute atomic E-state index is 0.539. The van der Waals surface area contributed by atoms with Crippen LogP contribution in [0.3, 0.4) is 0 Å². The van der Waals surface area contributed by atoms with Gasteiger partial charge in [-0.15, -0.1) is 0 Å². The molecular formula is C10H13ClO3S. The molecule has 0 bridgehead atoms. The Hall–Kier alpha value is -0.580. The number of sulfone groups is 1. The van der Waals surface area contributed by atoms with Crippen molar-refractivity contribution >= 4 is 21.4 Å². The highest BCUT2D eigenvalue weighted by molar-refractivity contribution is 7.91. The molecule has 2 unspecified atom stereocenters. The Morgan fingerprint density at radius 1 is 1.27 bits per heavy atom. The van der Waals surface area contributed by atoms with Gasteiger partial charge in [-0.3, -0.25) is 0 Å². The molecule has 5 heteroatoms. The van der Waals surface area contributed by atoms with Gasteiger partial charge >= 0.3 is 0 Å². The van der Waals surface area contributed by atoms with Crippen molar-refractivity contribution in [3.8, 4) is 0 Å². The first-order chi connectivity index (χ1) is 6.82. The molecule has 2 atom stereocenters. The van der Waals surface area contributed by atoms with Gasteiger partial charge in [-0.2, -0.15) is 0 Å². The number of halogens is 1. The van der Waals surface area contributed by atoms with E-state index in [1.165, 1.54) is 6.92 Å². The highest BCUT2D eigenvalue weighted by atomic mass is 35.5. The van der Waals surface area contributed by atoms with Gasteiger partial charge in [-0.1, -0.05) is 23.7 Å². The topological polar surface area (TPSA) is 54.4 Å². The van der Waals surface area contributed by atoms with Crippen molar-refractivity contribution in [2.45, 2.75) is 18.3 Å². The lowest BCUT2D eigenvalue weighted by atomic mass is 10.1. The summed E-state index contributed by atoms with van der Waals surface area (Å²) in [5.74, 6) is 0. The summed E-state index contributed by atoms with van der Waals surface area (Å²) in [4.78, 5) is 0. The number of hydrogen-bond acceptors (Lipinski definition) is 3. The van der Waals surface area contributed by atoms with Gasteiger partial charge in [-0.25, -0.2) is 8.42 Å². The molecule has 3 nitrogen and oxygen atoms in total. The predicted octanol–water partition coefficient (Wildman–Crippen LogP) is 1.81. The molecule has 84 valence electrons. The Kier molecular flexibility index (Phi) is 3.76. The van der Waals surface area contributed by atoms with Crippen molar-refractivity contribution in [1.82, 2.24) is 0 Å². The Morgan fingerprint density at radius 2 is 1.73 bits per heavy atom. The fourth-order valence-electron chi connectivity index (χ4n) is 1.54. The number of aliphatic hydroxyl groups excluding tert-OH is 1. The van der Waals surface area contributed by atoms with E-state index in [0.717, 1.165) is 6.26 Å². The Labute approximate surface area is 94.6 Å². The van der Waals surface area contributed by atoms with E-state index in [9.17, 15) is 13.5 Å². The average Bonchev–Trinajstić information content (AvgIpc) is 2.05. The van der Waals surface area contributed by atoms with Gasteiger partial charge < -0.3 is 5.11 Å². The second kappa shape index (κ2) is 4.51. The summed E-state index contributed by atoms with van der Waals surface area (Å²) < 4.78 is 22.9. The zero-order valence-electron chi connectivity index (χ0n) is 8.51. The smallest absolute Gasteiger partial charge is 0.156 e. The normalized spacial score (nSPS) is 16.0. The maximum absolute atomic E-state index is 11.5. The first-order valence-electron chi connectivity index (χ1n) is 4.45. The molecule has 0 aliphatic carbocycles. The maximum Gasteiger partial charge on any atom is 0.156 e. The van der Waals surface area contributed by atoms with Gasteiger partial charge in [-0.05, 0) is 24.6 Å². The van der Waals surface area contributed by atoms with E-state index < -0.39 is 21.2 Å². The van der Waals surface area contributed by atoms with Crippen LogP contribution in [0, 0.1) is 0 Å². The fraction of sp³-hybridized carbons (Fsp3) is 0.400. The van der Waals surface area contributed by atoms with Crippen LogP contribution in [-0.2, 0) is 9.84 Å². The molecule has 0 amide bonds. The van der Waals surface area contributed by atoms with Crippen molar-refractivity contribution in [1.29, 1.82) is 0 Å². The van der Waals surface area contributed by atoms with Crippen LogP contribution >= 0.6 is 11.6 Å². The highest BCUT2D eigenvalue weighted by Crippen LogP contribution is 2.26. The molecule has 0 aliphatic rings. The maximum atomic E-state index is 11.5. The molecule has 1 aromatic carbocycles. The van der Waals surface area contributed by atoms with Crippen molar-refractivity contribution in [3.05, 3.63) is 34.9 Å². The SMILES string of the molecule is CC(O)C(c1ccc(Cl)cc1)S(C)(=O)=O. The standard InChI is InChI=1S/C10H13ClO3S/c1-7(12)10(15(2,13)14)8-3-5-9(11)6-4-8/h3-7,10,12H,1-2H3. The highest BCUT2D eigenvalue weighted by Gasteiger charge is 2.27. The van der Waals surface area contributed by atoms with Gasteiger partial charge in [0.05, 0.1) is 6.10 Å². The van der Waals surface area contributed by atoms with E-state index in [-0.39, 0.29) is 0 Å². The van der Waals surface area contributed by atoms with Gasteiger partial charge in [0.25, 0.3) is 0 Å². The molecule has 0 aliphatic heterocycles. The van der Waals surface area contributed by atoms with Gasteiger partial charge in [0.2, 0.25) is 0 Å². The van der Waals surface area contributed by atoms with Crippen LogP contribution < -0.4 is 0 Å². The van der Waals surface area contributed by atoms with Crippen LogP contribution in [0.2, 0.25) is 5.02 Å². The molecule has 0 aromatic heterocycles. The summed E-state index contributed by atoms with van der Waals surface area (Å²) >= 11 is 5.70. The molecule has 0 saturated heterocycles. The minimum atomic E-state index is -3.32. The van der Waals surface area contributed by atoms with Crippen molar-refractivity contribution < 1.29 is 13.5 Å². The average molecular weight is 249 g/mol. The lowest BCUT2D eigenvalue weighted by molar-refractivity contribution is 0.188. The van der Waals surface area contributed by atoms with Crippen LogP contribution in [-0.4, -0.2) is 25.9 Å². The van der Waals surface area contributed by atoms with E-state index >= 15 is 0 Å². The summed E-state index contributed by atoms with van der Waals surface area (Å²) in [6.45, 7) is 1.46. The number of rotatable bonds is 3. The largest absolute Gasteiger partial charge is 0.392 e. The molecular weight excluding hydrogens is 236 g/mol. The second-order valence-electron chi connectivity index (χ2n) is 3.54. The van der Waals surface area contributed by atoms with E-state index in [1.807, 2.05) is 0 Å². The van der Waals surface area contributed by atoms with Crippen molar-refractivity contribution in [2.75, 3.05) is 6.26 Å². The van der Waals surface area contributed by atoms with E-state index in [0.29, 0.717) is 10.6 Å². The minimum Gasteiger partial charge on any atom is -0.392 e. The number of benzene rings is 1. The Morgan fingerprint density at radius 3 is 2.07 bits per heavy atom.